The lowest BCUT2D eigenvalue weighted by Crippen LogP contribution is -2.05. The first-order valence-corrected chi connectivity index (χ1v) is 6.30. The number of aromatic nitrogens is 2. The summed E-state index contributed by atoms with van der Waals surface area (Å²) in [6.07, 6.45) is 3.73. The molecule has 0 aliphatic heterocycles. The second-order valence-electron chi connectivity index (χ2n) is 3.77. The molecule has 0 aliphatic rings. The molecule has 0 atom stereocenters. The number of rotatable bonds is 4. The second-order valence-corrected chi connectivity index (χ2v) is 4.78. The van der Waals surface area contributed by atoms with E-state index in [0.717, 1.165) is 17.3 Å². The number of hydrogen-bond acceptors (Lipinski definition) is 4. The van der Waals surface area contributed by atoms with Gasteiger partial charge in [0.1, 0.15) is 0 Å². The summed E-state index contributed by atoms with van der Waals surface area (Å²) in [5.41, 5.74) is 2.35. The van der Waals surface area contributed by atoms with E-state index in [1.807, 2.05) is 31.6 Å². The molecule has 1 heterocycles. The summed E-state index contributed by atoms with van der Waals surface area (Å²) in [7, 11) is 1.91. The van der Waals surface area contributed by atoms with E-state index in [4.69, 9.17) is 0 Å². The molecule has 0 aliphatic carbocycles. The average molecular weight is 245 g/mol. The van der Waals surface area contributed by atoms with E-state index in [2.05, 4.69) is 34.3 Å². The lowest BCUT2D eigenvalue weighted by atomic mass is 10.2. The zero-order chi connectivity index (χ0) is 12.1. The number of aryl methyl sites for hydroxylation is 1. The van der Waals surface area contributed by atoms with Crippen molar-refractivity contribution in [2.45, 2.75) is 23.5 Å². The van der Waals surface area contributed by atoms with E-state index in [9.17, 15) is 0 Å². The number of nitrogens with zero attached hydrogens (tertiary/aromatic N) is 2. The van der Waals surface area contributed by atoms with E-state index in [1.165, 1.54) is 10.5 Å². The number of nitrogens with one attached hydrogen (secondary N) is 1. The molecule has 88 valence electrons. The van der Waals surface area contributed by atoms with Gasteiger partial charge < -0.3 is 5.32 Å². The van der Waals surface area contributed by atoms with Gasteiger partial charge in [0.15, 0.2) is 5.16 Å². The van der Waals surface area contributed by atoms with Crippen LogP contribution in [0.5, 0.6) is 0 Å². The molecule has 0 bridgehead atoms. The van der Waals surface area contributed by atoms with Crippen LogP contribution in [-0.4, -0.2) is 17.0 Å². The van der Waals surface area contributed by atoms with Gasteiger partial charge in [0.25, 0.3) is 0 Å². The Morgan fingerprint density at radius 1 is 1.18 bits per heavy atom. The quantitative estimate of drug-likeness (QED) is 0.840. The Morgan fingerprint density at radius 3 is 2.53 bits per heavy atom. The van der Waals surface area contributed by atoms with Crippen LogP contribution in [0.1, 0.15) is 11.1 Å². The average Bonchev–Trinajstić information content (AvgIpc) is 2.35. The third-order valence-corrected chi connectivity index (χ3v) is 3.43. The molecule has 0 saturated carbocycles. The molecule has 4 heteroatoms. The van der Waals surface area contributed by atoms with Gasteiger partial charge in [0, 0.05) is 29.4 Å². The Morgan fingerprint density at radius 2 is 1.88 bits per heavy atom. The summed E-state index contributed by atoms with van der Waals surface area (Å²) in [6, 6.07) is 8.25. The van der Waals surface area contributed by atoms with Crippen LogP contribution < -0.4 is 5.32 Å². The Bertz CT molecular complexity index is 482. The molecule has 1 aromatic heterocycles. The fourth-order valence-electron chi connectivity index (χ4n) is 1.46. The van der Waals surface area contributed by atoms with Crippen molar-refractivity contribution in [3.05, 3.63) is 47.8 Å². The first kappa shape index (κ1) is 12.1. The third kappa shape index (κ3) is 3.28. The first-order valence-electron chi connectivity index (χ1n) is 5.48. The lowest BCUT2D eigenvalue weighted by Gasteiger charge is -2.04. The van der Waals surface area contributed by atoms with Crippen LogP contribution in [0.15, 0.2) is 46.7 Å². The summed E-state index contributed by atoms with van der Waals surface area (Å²) < 4.78 is 0. The van der Waals surface area contributed by atoms with E-state index in [1.54, 1.807) is 11.8 Å². The third-order valence-electron chi connectivity index (χ3n) is 2.36. The SMILES string of the molecule is CNCc1cnc(Sc2ccccc2C)nc1. The number of hydrogen-bond donors (Lipinski definition) is 1. The Labute approximate surface area is 106 Å². The zero-order valence-corrected chi connectivity index (χ0v) is 10.8. The summed E-state index contributed by atoms with van der Waals surface area (Å²) in [5, 5.41) is 3.87. The first-order chi connectivity index (χ1) is 8.29. The smallest absolute Gasteiger partial charge is 0.192 e. The highest BCUT2D eigenvalue weighted by atomic mass is 32.2. The van der Waals surface area contributed by atoms with E-state index in [-0.39, 0.29) is 0 Å². The van der Waals surface area contributed by atoms with Gasteiger partial charge in [-0.15, -0.1) is 0 Å². The maximum Gasteiger partial charge on any atom is 0.192 e. The van der Waals surface area contributed by atoms with Crippen LogP contribution in [-0.2, 0) is 6.54 Å². The van der Waals surface area contributed by atoms with Crippen molar-refractivity contribution in [1.82, 2.24) is 15.3 Å². The summed E-state index contributed by atoms with van der Waals surface area (Å²) in [4.78, 5) is 9.89. The fraction of sp³-hybridized carbons (Fsp3) is 0.231. The Hall–Kier alpha value is -1.39. The molecule has 1 aromatic carbocycles. The van der Waals surface area contributed by atoms with Crippen molar-refractivity contribution >= 4 is 11.8 Å². The lowest BCUT2D eigenvalue weighted by molar-refractivity contribution is 0.793. The largest absolute Gasteiger partial charge is 0.316 e. The van der Waals surface area contributed by atoms with Gasteiger partial charge in [-0.2, -0.15) is 0 Å². The molecular formula is C13H15N3S. The maximum absolute atomic E-state index is 4.35. The summed E-state index contributed by atoms with van der Waals surface area (Å²) in [6.45, 7) is 2.90. The molecule has 0 unspecified atom stereocenters. The molecule has 1 N–H and O–H groups in total. The van der Waals surface area contributed by atoms with E-state index >= 15 is 0 Å². The predicted molar refractivity (Wildman–Crippen MR) is 70.1 cm³/mol. The van der Waals surface area contributed by atoms with Crippen molar-refractivity contribution < 1.29 is 0 Å². The van der Waals surface area contributed by atoms with Gasteiger partial charge in [-0.3, -0.25) is 0 Å². The highest BCUT2D eigenvalue weighted by Crippen LogP contribution is 2.26. The molecule has 0 amide bonds. The van der Waals surface area contributed by atoms with Gasteiger partial charge in [-0.25, -0.2) is 9.97 Å². The van der Waals surface area contributed by atoms with Gasteiger partial charge >= 0.3 is 0 Å². The van der Waals surface area contributed by atoms with Gasteiger partial charge in [-0.05, 0) is 37.4 Å². The van der Waals surface area contributed by atoms with E-state index in [0.29, 0.717) is 0 Å². The molecule has 2 rings (SSSR count). The van der Waals surface area contributed by atoms with Gasteiger partial charge in [0.2, 0.25) is 0 Å². The van der Waals surface area contributed by atoms with Gasteiger partial charge in [0.05, 0.1) is 0 Å². The summed E-state index contributed by atoms with van der Waals surface area (Å²) in [5.74, 6) is 0. The number of benzene rings is 1. The highest BCUT2D eigenvalue weighted by molar-refractivity contribution is 7.99. The Balaban J connectivity index is 2.11. The van der Waals surface area contributed by atoms with Crippen molar-refractivity contribution in [3.63, 3.8) is 0 Å². The predicted octanol–water partition coefficient (Wildman–Crippen LogP) is 2.66. The molecule has 2 aromatic rings. The van der Waals surface area contributed by atoms with E-state index < -0.39 is 0 Å². The highest BCUT2D eigenvalue weighted by Gasteiger charge is 2.02. The molecule has 3 nitrogen and oxygen atoms in total. The topological polar surface area (TPSA) is 37.8 Å². The molecule has 0 radical (unpaired) electrons. The summed E-state index contributed by atoms with van der Waals surface area (Å²) >= 11 is 1.60. The standard InChI is InChI=1S/C13H15N3S/c1-10-5-3-4-6-12(10)17-13-15-8-11(7-14-2)9-16-13/h3-6,8-9,14H,7H2,1-2H3. The molecular weight excluding hydrogens is 230 g/mol. The van der Waals surface area contributed by atoms with Crippen LogP contribution in [0.4, 0.5) is 0 Å². The van der Waals surface area contributed by atoms with Crippen molar-refractivity contribution in [2.24, 2.45) is 0 Å². The fourth-order valence-corrected chi connectivity index (χ4v) is 2.24. The molecule has 0 spiro atoms. The van der Waals surface area contributed by atoms with Crippen molar-refractivity contribution in [3.8, 4) is 0 Å². The van der Waals surface area contributed by atoms with Crippen molar-refractivity contribution in [1.29, 1.82) is 0 Å². The van der Waals surface area contributed by atoms with Crippen molar-refractivity contribution in [2.75, 3.05) is 7.05 Å². The molecule has 0 saturated heterocycles. The monoisotopic (exact) mass is 245 g/mol. The van der Waals surface area contributed by atoms with Crippen LogP contribution in [0.3, 0.4) is 0 Å². The van der Waals surface area contributed by atoms with Crippen LogP contribution in [0, 0.1) is 6.92 Å². The maximum atomic E-state index is 4.35. The minimum atomic E-state index is 0.791. The van der Waals surface area contributed by atoms with Gasteiger partial charge in [-0.1, -0.05) is 18.2 Å². The minimum Gasteiger partial charge on any atom is -0.316 e. The van der Waals surface area contributed by atoms with Crippen LogP contribution >= 0.6 is 11.8 Å². The Kier molecular flexibility index (Phi) is 4.12. The molecule has 17 heavy (non-hydrogen) atoms. The zero-order valence-electron chi connectivity index (χ0n) is 9.97. The van der Waals surface area contributed by atoms with Crippen LogP contribution in [0.25, 0.3) is 0 Å². The molecule has 0 fully saturated rings. The minimum absolute atomic E-state index is 0.791. The normalized spacial score (nSPS) is 10.5. The van der Waals surface area contributed by atoms with Crippen LogP contribution in [0.2, 0.25) is 0 Å². The second kappa shape index (κ2) is 5.80.